The van der Waals surface area contributed by atoms with Gasteiger partial charge in [0.15, 0.2) is 0 Å². The lowest BCUT2D eigenvalue weighted by atomic mass is 9.86. The molecule has 2 aliphatic carbocycles. The van der Waals surface area contributed by atoms with Crippen LogP contribution in [0.4, 0.5) is 4.39 Å². The zero-order chi connectivity index (χ0) is 15.0. The fourth-order valence-corrected chi connectivity index (χ4v) is 3.62. The van der Waals surface area contributed by atoms with Gasteiger partial charge in [0.2, 0.25) is 5.91 Å². The Morgan fingerprint density at radius 2 is 1.76 bits per heavy atom. The van der Waals surface area contributed by atoms with E-state index in [4.69, 9.17) is 0 Å². The molecule has 0 bridgehead atoms. The van der Waals surface area contributed by atoms with Gasteiger partial charge >= 0.3 is 0 Å². The summed E-state index contributed by atoms with van der Waals surface area (Å²) < 4.78 is 13.0. The minimum absolute atomic E-state index is 0.111. The maximum Gasteiger partial charge on any atom is 0.226 e. The molecule has 2 nitrogen and oxygen atoms in total. The van der Waals surface area contributed by atoms with Crippen LogP contribution in [-0.2, 0) is 4.79 Å². The average molecular weight is 289 g/mol. The van der Waals surface area contributed by atoms with Crippen LogP contribution in [0, 0.1) is 17.7 Å². The summed E-state index contributed by atoms with van der Waals surface area (Å²) in [6, 6.07) is 7.02. The predicted octanol–water partition coefficient (Wildman–Crippen LogP) is 3.97. The SMILES string of the molecule is CC1CCC(N(C)C(=O)C2CC2c2ccc(F)cc2)CC1. The molecule has 2 atom stereocenters. The molecule has 0 N–H and O–H groups in total. The average Bonchev–Trinajstić information content (AvgIpc) is 3.28. The monoisotopic (exact) mass is 289 g/mol. The standard InChI is InChI=1S/C18H24FNO/c1-12-3-9-15(10-4-12)20(2)18(21)17-11-16(17)13-5-7-14(19)8-6-13/h5-8,12,15-17H,3-4,9-11H2,1-2H3. The lowest BCUT2D eigenvalue weighted by molar-refractivity contribution is -0.134. The van der Waals surface area contributed by atoms with Crippen LogP contribution in [0.1, 0.15) is 50.5 Å². The Bertz CT molecular complexity index is 504. The number of hydrogen-bond donors (Lipinski definition) is 0. The Labute approximate surface area is 126 Å². The van der Waals surface area contributed by atoms with E-state index in [1.54, 1.807) is 0 Å². The summed E-state index contributed by atoms with van der Waals surface area (Å²) in [4.78, 5) is 14.6. The van der Waals surface area contributed by atoms with Crippen molar-refractivity contribution < 1.29 is 9.18 Å². The van der Waals surface area contributed by atoms with Gasteiger partial charge in [-0.25, -0.2) is 4.39 Å². The molecule has 0 radical (unpaired) electrons. The number of benzene rings is 1. The van der Waals surface area contributed by atoms with Crippen LogP contribution in [0.15, 0.2) is 24.3 Å². The molecular weight excluding hydrogens is 265 g/mol. The molecule has 2 fully saturated rings. The fourth-order valence-electron chi connectivity index (χ4n) is 3.62. The van der Waals surface area contributed by atoms with E-state index in [0.717, 1.165) is 30.7 Å². The normalized spacial score (nSPS) is 31.8. The van der Waals surface area contributed by atoms with Gasteiger partial charge in [-0.05, 0) is 61.6 Å². The van der Waals surface area contributed by atoms with Crippen LogP contribution in [0.3, 0.4) is 0 Å². The second-order valence-electron chi connectivity index (χ2n) is 6.86. The van der Waals surface area contributed by atoms with Crippen molar-refractivity contribution in [2.24, 2.45) is 11.8 Å². The van der Waals surface area contributed by atoms with E-state index < -0.39 is 0 Å². The maximum absolute atomic E-state index is 13.0. The molecule has 0 spiro atoms. The number of amides is 1. The van der Waals surface area contributed by atoms with Gasteiger partial charge in [0.1, 0.15) is 5.82 Å². The highest BCUT2D eigenvalue weighted by atomic mass is 19.1. The zero-order valence-corrected chi connectivity index (χ0v) is 12.9. The first-order valence-corrected chi connectivity index (χ1v) is 8.08. The summed E-state index contributed by atoms with van der Waals surface area (Å²) in [7, 11) is 1.96. The second kappa shape index (κ2) is 5.78. The van der Waals surface area contributed by atoms with E-state index in [0.29, 0.717) is 12.0 Å². The van der Waals surface area contributed by atoms with Crippen molar-refractivity contribution in [3.8, 4) is 0 Å². The van der Waals surface area contributed by atoms with Gasteiger partial charge in [0, 0.05) is 19.0 Å². The van der Waals surface area contributed by atoms with Crippen molar-refractivity contribution >= 4 is 5.91 Å². The molecule has 21 heavy (non-hydrogen) atoms. The third kappa shape index (κ3) is 3.12. The van der Waals surface area contributed by atoms with E-state index in [1.807, 2.05) is 24.1 Å². The summed E-state index contributed by atoms with van der Waals surface area (Å²) in [5, 5.41) is 0. The molecule has 2 unspecified atom stereocenters. The van der Waals surface area contributed by atoms with Gasteiger partial charge < -0.3 is 4.90 Å². The first-order chi connectivity index (χ1) is 10.1. The third-order valence-electron chi connectivity index (χ3n) is 5.29. The van der Waals surface area contributed by atoms with Crippen LogP contribution in [0.2, 0.25) is 0 Å². The van der Waals surface area contributed by atoms with Gasteiger partial charge in [-0.1, -0.05) is 19.1 Å². The molecular formula is C18H24FNO. The summed E-state index contributed by atoms with van der Waals surface area (Å²) >= 11 is 0. The van der Waals surface area contributed by atoms with Crippen molar-refractivity contribution in [3.05, 3.63) is 35.6 Å². The molecule has 1 aromatic rings. The van der Waals surface area contributed by atoms with Gasteiger partial charge in [-0.2, -0.15) is 0 Å². The second-order valence-corrected chi connectivity index (χ2v) is 6.86. The lowest BCUT2D eigenvalue weighted by Crippen LogP contribution is -2.40. The molecule has 2 aliphatic rings. The summed E-state index contributed by atoms with van der Waals surface area (Å²) in [5.74, 6) is 1.28. The van der Waals surface area contributed by atoms with Crippen molar-refractivity contribution in [3.63, 3.8) is 0 Å². The van der Waals surface area contributed by atoms with Crippen LogP contribution in [-0.4, -0.2) is 23.9 Å². The summed E-state index contributed by atoms with van der Waals surface area (Å²) in [6.45, 7) is 2.30. The number of carbonyl (C=O) groups is 1. The number of hydrogen-bond acceptors (Lipinski definition) is 1. The molecule has 0 aliphatic heterocycles. The van der Waals surface area contributed by atoms with Crippen molar-refractivity contribution in [2.75, 3.05) is 7.05 Å². The van der Waals surface area contributed by atoms with Gasteiger partial charge in [-0.3, -0.25) is 4.79 Å². The zero-order valence-electron chi connectivity index (χ0n) is 12.9. The van der Waals surface area contributed by atoms with Crippen LogP contribution in [0.25, 0.3) is 0 Å². The van der Waals surface area contributed by atoms with Crippen molar-refractivity contribution in [2.45, 2.75) is 51.0 Å². The van der Waals surface area contributed by atoms with E-state index >= 15 is 0 Å². The highest BCUT2D eigenvalue weighted by molar-refractivity contribution is 5.83. The van der Waals surface area contributed by atoms with Crippen LogP contribution < -0.4 is 0 Å². The predicted molar refractivity (Wildman–Crippen MR) is 81.4 cm³/mol. The Kier molecular flexibility index (Phi) is 4.01. The molecule has 0 aromatic heterocycles. The van der Waals surface area contributed by atoms with Gasteiger partial charge in [0.05, 0.1) is 0 Å². The van der Waals surface area contributed by atoms with Crippen molar-refractivity contribution in [1.29, 1.82) is 0 Å². The highest BCUT2D eigenvalue weighted by Gasteiger charge is 2.46. The Morgan fingerprint density at radius 1 is 1.14 bits per heavy atom. The van der Waals surface area contributed by atoms with Crippen LogP contribution in [0.5, 0.6) is 0 Å². The summed E-state index contributed by atoms with van der Waals surface area (Å²) in [6.07, 6.45) is 5.65. The maximum atomic E-state index is 13.0. The number of nitrogens with zero attached hydrogens (tertiary/aromatic N) is 1. The Hall–Kier alpha value is -1.38. The number of carbonyl (C=O) groups excluding carboxylic acids is 1. The first kappa shape index (κ1) is 14.6. The molecule has 0 saturated heterocycles. The molecule has 3 heteroatoms. The third-order valence-corrected chi connectivity index (χ3v) is 5.29. The Morgan fingerprint density at radius 3 is 2.38 bits per heavy atom. The van der Waals surface area contributed by atoms with Gasteiger partial charge in [-0.15, -0.1) is 0 Å². The smallest absolute Gasteiger partial charge is 0.226 e. The van der Waals surface area contributed by atoms with E-state index in [-0.39, 0.29) is 17.6 Å². The topological polar surface area (TPSA) is 20.3 Å². The Balaban J connectivity index is 1.58. The molecule has 1 amide bonds. The summed E-state index contributed by atoms with van der Waals surface area (Å²) in [5.41, 5.74) is 1.10. The highest BCUT2D eigenvalue weighted by Crippen LogP contribution is 2.48. The van der Waals surface area contributed by atoms with Gasteiger partial charge in [0.25, 0.3) is 0 Å². The molecule has 2 saturated carbocycles. The quantitative estimate of drug-likeness (QED) is 0.824. The lowest BCUT2D eigenvalue weighted by Gasteiger charge is -2.33. The van der Waals surface area contributed by atoms with Crippen molar-refractivity contribution in [1.82, 2.24) is 4.90 Å². The molecule has 114 valence electrons. The largest absolute Gasteiger partial charge is 0.343 e. The van der Waals surface area contributed by atoms with E-state index in [9.17, 15) is 9.18 Å². The van der Waals surface area contributed by atoms with E-state index in [2.05, 4.69) is 6.92 Å². The first-order valence-electron chi connectivity index (χ1n) is 8.08. The molecule has 1 aromatic carbocycles. The van der Waals surface area contributed by atoms with E-state index in [1.165, 1.54) is 25.0 Å². The van der Waals surface area contributed by atoms with Crippen LogP contribution >= 0.6 is 0 Å². The number of rotatable bonds is 3. The fraction of sp³-hybridized carbons (Fsp3) is 0.611. The minimum Gasteiger partial charge on any atom is -0.343 e. The molecule has 3 rings (SSSR count). The molecule has 0 heterocycles. The number of halogens is 1. The minimum atomic E-state index is -0.212.